The minimum atomic E-state index is -0.354. The summed E-state index contributed by atoms with van der Waals surface area (Å²) < 4.78 is 5.39. The molecule has 3 rings (SSSR count). The molecule has 0 bridgehead atoms. The first-order valence-electron chi connectivity index (χ1n) is 9.16. The van der Waals surface area contributed by atoms with E-state index in [-0.39, 0.29) is 30.8 Å². The van der Waals surface area contributed by atoms with Crippen LogP contribution in [0.4, 0.5) is 16.2 Å². The van der Waals surface area contributed by atoms with Gasteiger partial charge in [0, 0.05) is 23.9 Å². The Hall–Kier alpha value is -3.74. The van der Waals surface area contributed by atoms with Crippen molar-refractivity contribution in [1.29, 1.82) is 0 Å². The van der Waals surface area contributed by atoms with Crippen LogP contribution in [0, 0.1) is 6.92 Å². The van der Waals surface area contributed by atoms with Crippen LogP contribution in [0.3, 0.4) is 0 Å². The van der Waals surface area contributed by atoms with Crippen molar-refractivity contribution in [2.75, 3.05) is 10.6 Å². The molecule has 0 aliphatic carbocycles. The molecule has 0 saturated carbocycles. The van der Waals surface area contributed by atoms with Crippen molar-refractivity contribution in [1.82, 2.24) is 4.90 Å². The third-order valence-corrected chi connectivity index (χ3v) is 4.37. The second-order valence-electron chi connectivity index (χ2n) is 6.71. The van der Waals surface area contributed by atoms with Crippen LogP contribution in [0.2, 0.25) is 0 Å². The first-order chi connectivity index (χ1) is 13.9. The molecule has 3 amide bonds. The van der Waals surface area contributed by atoms with Gasteiger partial charge in [0.1, 0.15) is 11.5 Å². The van der Waals surface area contributed by atoms with Gasteiger partial charge in [-0.25, -0.2) is 4.79 Å². The summed E-state index contributed by atoms with van der Waals surface area (Å²) in [6, 6.07) is 15.4. The zero-order valence-electron chi connectivity index (χ0n) is 16.3. The number of aromatic hydroxyl groups is 1. The van der Waals surface area contributed by atoms with Crippen molar-refractivity contribution in [2.24, 2.45) is 0 Å². The quantitative estimate of drug-likeness (QED) is 0.575. The number of phenols is 1. The molecule has 0 atom stereocenters. The number of anilines is 2. The van der Waals surface area contributed by atoms with E-state index in [2.05, 4.69) is 10.6 Å². The fraction of sp³-hybridized carbons (Fsp3) is 0.182. The highest BCUT2D eigenvalue weighted by atomic mass is 16.3. The van der Waals surface area contributed by atoms with Crippen LogP contribution in [-0.4, -0.2) is 21.9 Å². The topological polar surface area (TPSA) is 94.8 Å². The summed E-state index contributed by atoms with van der Waals surface area (Å²) in [5.41, 5.74) is 2.66. The number of para-hydroxylation sites is 1. The number of benzene rings is 2. The zero-order chi connectivity index (χ0) is 20.8. The minimum absolute atomic E-state index is 0.119. The highest BCUT2D eigenvalue weighted by Crippen LogP contribution is 2.23. The van der Waals surface area contributed by atoms with Gasteiger partial charge >= 0.3 is 6.03 Å². The number of rotatable bonds is 6. The van der Waals surface area contributed by atoms with E-state index in [0.717, 1.165) is 5.56 Å². The third kappa shape index (κ3) is 5.38. The number of hydrogen-bond acceptors (Lipinski definition) is 4. The van der Waals surface area contributed by atoms with E-state index in [1.165, 1.54) is 6.92 Å². The number of carbonyl (C=O) groups is 2. The van der Waals surface area contributed by atoms with Gasteiger partial charge in [-0.2, -0.15) is 0 Å². The molecule has 150 valence electrons. The highest BCUT2D eigenvalue weighted by Gasteiger charge is 2.18. The number of aryl methyl sites for hydroxylation is 1. The van der Waals surface area contributed by atoms with Gasteiger partial charge in [0.05, 0.1) is 19.4 Å². The number of hydrogen-bond donors (Lipinski definition) is 3. The average Bonchev–Trinajstić information content (AvgIpc) is 3.18. The number of nitrogens with one attached hydrogen (secondary N) is 2. The Morgan fingerprint density at radius 1 is 1.03 bits per heavy atom. The molecule has 0 spiro atoms. The largest absolute Gasteiger partial charge is 0.508 e. The molecule has 0 saturated heterocycles. The van der Waals surface area contributed by atoms with E-state index < -0.39 is 0 Å². The Labute approximate surface area is 169 Å². The molecule has 0 unspecified atom stereocenters. The lowest BCUT2D eigenvalue weighted by atomic mass is 10.1. The van der Waals surface area contributed by atoms with E-state index in [1.54, 1.807) is 59.7 Å². The molecule has 29 heavy (non-hydrogen) atoms. The average molecular weight is 393 g/mol. The maximum absolute atomic E-state index is 13.0. The van der Waals surface area contributed by atoms with Gasteiger partial charge in [-0.05, 0) is 42.8 Å². The Kier molecular flexibility index (Phi) is 6.19. The molecule has 7 heteroatoms. The van der Waals surface area contributed by atoms with Crippen molar-refractivity contribution >= 4 is 23.3 Å². The Morgan fingerprint density at radius 2 is 1.83 bits per heavy atom. The number of nitrogens with zero attached hydrogens (tertiary/aromatic N) is 1. The van der Waals surface area contributed by atoms with Crippen LogP contribution in [0.5, 0.6) is 5.75 Å². The highest BCUT2D eigenvalue weighted by molar-refractivity contribution is 5.93. The van der Waals surface area contributed by atoms with Gasteiger partial charge in [-0.1, -0.05) is 24.3 Å². The molecule has 0 radical (unpaired) electrons. The first-order valence-corrected chi connectivity index (χ1v) is 9.16. The van der Waals surface area contributed by atoms with Gasteiger partial charge in [0.15, 0.2) is 0 Å². The number of urea groups is 1. The molecule has 3 aromatic rings. The molecule has 3 N–H and O–H groups in total. The normalized spacial score (nSPS) is 10.4. The summed E-state index contributed by atoms with van der Waals surface area (Å²) in [4.78, 5) is 25.9. The summed E-state index contributed by atoms with van der Waals surface area (Å²) in [6.45, 7) is 3.73. The summed E-state index contributed by atoms with van der Waals surface area (Å²) in [5, 5.41) is 15.7. The van der Waals surface area contributed by atoms with Crippen LogP contribution < -0.4 is 10.6 Å². The standard InChI is InChI=1S/C22H23N3O4/c1-15-9-10-18(23-16(2)26)12-20(15)24-22(28)25(14-19-7-5-11-29-19)13-17-6-3-4-8-21(17)27/h3-12,27H,13-14H2,1-2H3,(H,23,26)(H,24,28). The molecule has 0 fully saturated rings. The van der Waals surface area contributed by atoms with Crippen LogP contribution >= 0.6 is 0 Å². The molecule has 2 aromatic carbocycles. The van der Waals surface area contributed by atoms with E-state index in [0.29, 0.717) is 22.7 Å². The Morgan fingerprint density at radius 3 is 2.52 bits per heavy atom. The fourth-order valence-corrected chi connectivity index (χ4v) is 2.87. The Bertz CT molecular complexity index is 999. The summed E-state index contributed by atoms with van der Waals surface area (Å²) in [7, 11) is 0. The summed E-state index contributed by atoms with van der Waals surface area (Å²) in [6.07, 6.45) is 1.55. The Balaban J connectivity index is 1.82. The molecule has 0 aliphatic rings. The zero-order valence-corrected chi connectivity index (χ0v) is 16.3. The predicted molar refractivity (Wildman–Crippen MR) is 111 cm³/mol. The molecular weight excluding hydrogens is 370 g/mol. The van der Waals surface area contributed by atoms with E-state index >= 15 is 0 Å². The van der Waals surface area contributed by atoms with Gasteiger partial charge in [-0.3, -0.25) is 4.79 Å². The lowest BCUT2D eigenvalue weighted by Gasteiger charge is -2.23. The van der Waals surface area contributed by atoms with E-state index in [9.17, 15) is 14.7 Å². The van der Waals surface area contributed by atoms with Crippen LogP contribution in [0.25, 0.3) is 0 Å². The van der Waals surface area contributed by atoms with Crippen LogP contribution in [-0.2, 0) is 17.9 Å². The van der Waals surface area contributed by atoms with E-state index in [4.69, 9.17) is 4.42 Å². The third-order valence-electron chi connectivity index (χ3n) is 4.37. The first kappa shape index (κ1) is 20.0. The molecule has 7 nitrogen and oxygen atoms in total. The number of amides is 3. The molecular formula is C22H23N3O4. The second kappa shape index (κ2) is 8.97. The molecule has 1 heterocycles. The molecule has 1 aromatic heterocycles. The fourth-order valence-electron chi connectivity index (χ4n) is 2.87. The summed E-state index contributed by atoms with van der Waals surface area (Å²) >= 11 is 0. The lowest BCUT2D eigenvalue weighted by molar-refractivity contribution is -0.114. The minimum Gasteiger partial charge on any atom is -0.508 e. The van der Waals surface area contributed by atoms with Crippen molar-refractivity contribution < 1.29 is 19.1 Å². The predicted octanol–water partition coefficient (Wildman–Crippen LogP) is 4.49. The van der Waals surface area contributed by atoms with Crippen molar-refractivity contribution in [3.63, 3.8) is 0 Å². The SMILES string of the molecule is CC(=O)Nc1ccc(C)c(NC(=O)N(Cc2ccco2)Cc2ccccc2O)c1. The van der Waals surface area contributed by atoms with E-state index in [1.807, 2.05) is 13.0 Å². The van der Waals surface area contributed by atoms with Gasteiger partial charge in [0.2, 0.25) is 5.91 Å². The number of furan rings is 1. The maximum atomic E-state index is 13.0. The van der Waals surface area contributed by atoms with Gasteiger partial charge in [0.25, 0.3) is 0 Å². The lowest BCUT2D eigenvalue weighted by Crippen LogP contribution is -2.34. The number of phenolic OH excluding ortho intramolecular Hbond substituents is 1. The molecule has 0 aliphatic heterocycles. The smallest absolute Gasteiger partial charge is 0.322 e. The van der Waals surface area contributed by atoms with Gasteiger partial charge in [-0.15, -0.1) is 0 Å². The maximum Gasteiger partial charge on any atom is 0.322 e. The van der Waals surface area contributed by atoms with Gasteiger partial charge < -0.3 is 25.1 Å². The van der Waals surface area contributed by atoms with Crippen molar-refractivity contribution in [3.05, 3.63) is 77.7 Å². The number of carbonyl (C=O) groups excluding carboxylic acids is 2. The second-order valence-corrected chi connectivity index (χ2v) is 6.71. The van der Waals surface area contributed by atoms with Crippen molar-refractivity contribution in [2.45, 2.75) is 26.9 Å². The van der Waals surface area contributed by atoms with Crippen LogP contribution in [0.1, 0.15) is 23.8 Å². The van der Waals surface area contributed by atoms with Crippen LogP contribution in [0.15, 0.2) is 65.3 Å². The summed E-state index contributed by atoms with van der Waals surface area (Å²) in [5.74, 6) is 0.554. The monoisotopic (exact) mass is 393 g/mol. The van der Waals surface area contributed by atoms with Crippen molar-refractivity contribution in [3.8, 4) is 5.75 Å².